The zero-order valence-electron chi connectivity index (χ0n) is 14.8. The van der Waals surface area contributed by atoms with E-state index in [4.69, 9.17) is 0 Å². The predicted octanol–water partition coefficient (Wildman–Crippen LogP) is 1.46. The lowest BCUT2D eigenvalue weighted by Crippen LogP contribution is -2.53. The van der Waals surface area contributed by atoms with E-state index in [1.54, 1.807) is 12.3 Å². The molecule has 1 amide bonds. The first-order valence-corrected chi connectivity index (χ1v) is 9.19. The molecule has 2 aliphatic heterocycles. The van der Waals surface area contributed by atoms with Gasteiger partial charge in [0, 0.05) is 38.1 Å². The molecule has 0 unspecified atom stereocenters. The van der Waals surface area contributed by atoms with Crippen molar-refractivity contribution in [3.8, 4) is 0 Å². The highest BCUT2D eigenvalue weighted by atomic mass is 16.3. The molecular formula is C20H24N4O2. The largest absolute Gasteiger partial charge is 0.395 e. The number of aromatic nitrogens is 2. The molecule has 136 valence electrons. The van der Waals surface area contributed by atoms with Crippen LogP contribution in [0.25, 0.3) is 0 Å². The van der Waals surface area contributed by atoms with Crippen molar-refractivity contribution in [3.05, 3.63) is 59.4 Å². The van der Waals surface area contributed by atoms with E-state index in [1.807, 2.05) is 4.90 Å². The fourth-order valence-corrected chi connectivity index (χ4v) is 4.45. The second kappa shape index (κ2) is 7.13. The third-order valence-electron chi connectivity index (χ3n) is 5.76. The number of fused-ring (bicyclic) bond motifs is 2. The number of β-amino-alcohol motifs (C(OH)–C–C–N with tert-alkyl or cyclic N) is 1. The van der Waals surface area contributed by atoms with E-state index in [-0.39, 0.29) is 17.9 Å². The van der Waals surface area contributed by atoms with Gasteiger partial charge in [0.05, 0.1) is 24.6 Å². The zero-order chi connectivity index (χ0) is 18.0. The molecule has 0 radical (unpaired) electrons. The molecule has 0 aliphatic carbocycles. The van der Waals surface area contributed by atoms with Gasteiger partial charge in [-0.3, -0.25) is 9.69 Å². The lowest BCUT2D eigenvalue weighted by atomic mass is 9.69. The number of hydrogen-bond acceptors (Lipinski definition) is 5. The van der Waals surface area contributed by atoms with Gasteiger partial charge in [-0.25, -0.2) is 0 Å². The quantitative estimate of drug-likeness (QED) is 0.906. The Kier molecular flexibility index (Phi) is 4.70. The first-order valence-electron chi connectivity index (χ1n) is 9.19. The van der Waals surface area contributed by atoms with Gasteiger partial charge in [-0.1, -0.05) is 24.3 Å². The van der Waals surface area contributed by atoms with E-state index < -0.39 is 0 Å². The van der Waals surface area contributed by atoms with Crippen LogP contribution in [-0.4, -0.2) is 63.8 Å². The Hall–Kier alpha value is -2.31. The Balaban J connectivity index is 1.54. The number of carbonyl (C=O) groups is 1. The third kappa shape index (κ3) is 3.10. The summed E-state index contributed by atoms with van der Waals surface area (Å²) in [6, 6.07) is 10.4. The summed E-state index contributed by atoms with van der Waals surface area (Å²) in [7, 11) is 0. The molecule has 1 spiro atoms. The predicted molar refractivity (Wildman–Crippen MR) is 97.7 cm³/mol. The topological polar surface area (TPSA) is 69.6 Å². The van der Waals surface area contributed by atoms with Crippen LogP contribution in [0.15, 0.2) is 42.7 Å². The highest BCUT2D eigenvalue weighted by molar-refractivity contribution is 5.93. The number of carbonyl (C=O) groups excluding carboxylic acids is 1. The molecule has 1 saturated heterocycles. The molecule has 0 saturated carbocycles. The van der Waals surface area contributed by atoms with E-state index in [2.05, 4.69) is 39.4 Å². The maximum atomic E-state index is 12.7. The van der Waals surface area contributed by atoms with E-state index in [0.29, 0.717) is 12.1 Å². The van der Waals surface area contributed by atoms with Gasteiger partial charge in [-0.15, -0.1) is 0 Å². The van der Waals surface area contributed by atoms with Gasteiger partial charge in [0.15, 0.2) is 0 Å². The minimum atomic E-state index is 0.0334. The van der Waals surface area contributed by atoms with Crippen LogP contribution in [0.1, 0.15) is 34.3 Å². The molecule has 1 aromatic carbocycles. The van der Waals surface area contributed by atoms with Gasteiger partial charge >= 0.3 is 0 Å². The molecule has 0 bridgehead atoms. The van der Waals surface area contributed by atoms with E-state index >= 15 is 0 Å². The monoisotopic (exact) mass is 352 g/mol. The first kappa shape index (κ1) is 17.1. The summed E-state index contributed by atoms with van der Waals surface area (Å²) in [6.07, 6.45) is 4.97. The van der Waals surface area contributed by atoms with Gasteiger partial charge in [-0.05, 0) is 30.0 Å². The molecule has 6 nitrogen and oxygen atoms in total. The minimum absolute atomic E-state index is 0.0334. The van der Waals surface area contributed by atoms with Crippen molar-refractivity contribution < 1.29 is 9.90 Å². The molecule has 1 N–H and O–H groups in total. The molecule has 1 aromatic heterocycles. The van der Waals surface area contributed by atoms with Crippen LogP contribution in [0.5, 0.6) is 0 Å². The number of likely N-dealkylation sites (tertiary alicyclic amines) is 1. The molecule has 1 fully saturated rings. The fraction of sp³-hybridized carbons (Fsp3) is 0.450. The Bertz CT molecular complexity index is 772. The number of hydrogen-bond donors (Lipinski definition) is 1. The number of benzene rings is 1. The highest BCUT2D eigenvalue weighted by Gasteiger charge is 2.42. The normalized spacial score (nSPS) is 19.3. The molecule has 2 aromatic rings. The molecule has 26 heavy (non-hydrogen) atoms. The number of amides is 1. The number of rotatable bonds is 3. The Morgan fingerprint density at radius 2 is 1.96 bits per heavy atom. The van der Waals surface area contributed by atoms with Gasteiger partial charge < -0.3 is 10.0 Å². The van der Waals surface area contributed by atoms with Gasteiger partial charge in [0.1, 0.15) is 0 Å². The minimum Gasteiger partial charge on any atom is -0.395 e. The van der Waals surface area contributed by atoms with Crippen LogP contribution < -0.4 is 0 Å². The summed E-state index contributed by atoms with van der Waals surface area (Å²) in [4.78, 5) is 17.0. The Morgan fingerprint density at radius 3 is 2.69 bits per heavy atom. The van der Waals surface area contributed by atoms with Crippen molar-refractivity contribution >= 4 is 5.91 Å². The van der Waals surface area contributed by atoms with Crippen LogP contribution in [0, 0.1) is 0 Å². The summed E-state index contributed by atoms with van der Waals surface area (Å²) in [5, 5.41) is 17.0. The lowest BCUT2D eigenvalue weighted by Gasteiger charge is -2.48. The molecule has 2 aliphatic rings. The van der Waals surface area contributed by atoms with Crippen molar-refractivity contribution in [2.45, 2.75) is 24.8 Å². The van der Waals surface area contributed by atoms with E-state index in [0.717, 1.165) is 39.0 Å². The molecule has 3 heterocycles. The van der Waals surface area contributed by atoms with Crippen LogP contribution in [0.2, 0.25) is 0 Å². The van der Waals surface area contributed by atoms with Crippen molar-refractivity contribution in [1.29, 1.82) is 0 Å². The Labute approximate surface area is 153 Å². The van der Waals surface area contributed by atoms with Crippen LogP contribution in [0.4, 0.5) is 0 Å². The van der Waals surface area contributed by atoms with Crippen molar-refractivity contribution in [2.24, 2.45) is 0 Å². The molecule has 4 rings (SSSR count). The molecule has 6 heteroatoms. The molecular weight excluding hydrogens is 328 g/mol. The average Bonchev–Trinajstić information content (AvgIpc) is 2.69. The summed E-state index contributed by atoms with van der Waals surface area (Å²) in [5.41, 5.74) is 3.44. The highest BCUT2D eigenvalue weighted by Crippen LogP contribution is 2.41. The number of piperidine rings is 1. The van der Waals surface area contributed by atoms with E-state index in [9.17, 15) is 9.90 Å². The average molecular weight is 352 g/mol. The van der Waals surface area contributed by atoms with Crippen LogP contribution in [-0.2, 0) is 12.0 Å². The zero-order valence-corrected chi connectivity index (χ0v) is 14.8. The summed E-state index contributed by atoms with van der Waals surface area (Å²) >= 11 is 0. The standard InChI is InChI=1S/C20H24N4O2/c25-12-11-23-14-17-3-1-2-4-18(17)20(15-23)6-9-24(10-7-20)19(26)16-5-8-21-22-13-16/h1-5,8,13,25H,6-7,9-12,14-15H2. The third-order valence-corrected chi connectivity index (χ3v) is 5.76. The van der Waals surface area contributed by atoms with Crippen LogP contribution in [0.3, 0.4) is 0 Å². The van der Waals surface area contributed by atoms with Crippen molar-refractivity contribution in [2.75, 3.05) is 32.8 Å². The summed E-state index contributed by atoms with van der Waals surface area (Å²) in [5.74, 6) is 0.0334. The smallest absolute Gasteiger partial charge is 0.255 e. The van der Waals surface area contributed by atoms with Crippen molar-refractivity contribution in [1.82, 2.24) is 20.0 Å². The number of nitrogens with zero attached hydrogens (tertiary/aromatic N) is 4. The van der Waals surface area contributed by atoms with Gasteiger partial charge in [0.2, 0.25) is 0 Å². The number of aliphatic hydroxyl groups is 1. The first-order chi connectivity index (χ1) is 12.7. The summed E-state index contributed by atoms with van der Waals surface area (Å²) in [6.45, 7) is 4.19. The van der Waals surface area contributed by atoms with Gasteiger partial charge in [-0.2, -0.15) is 10.2 Å². The SMILES string of the molecule is O=C(c1ccnnc1)N1CCC2(CC1)CN(CCO)Cc1ccccc12. The second-order valence-corrected chi connectivity index (χ2v) is 7.30. The van der Waals surface area contributed by atoms with Crippen molar-refractivity contribution in [3.63, 3.8) is 0 Å². The summed E-state index contributed by atoms with van der Waals surface area (Å²) < 4.78 is 0. The molecule has 0 atom stereocenters. The number of aliphatic hydroxyl groups excluding tert-OH is 1. The van der Waals surface area contributed by atoms with Crippen LogP contribution >= 0.6 is 0 Å². The van der Waals surface area contributed by atoms with Gasteiger partial charge in [0.25, 0.3) is 5.91 Å². The fourth-order valence-electron chi connectivity index (χ4n) is 4.45. The Morgan fingerprint density at radius 1 is 1.15 bits per heavy atom. The second-order valence-electron chi connectivity index (χ2n) is 7.30. The maximum Gasteiger partial charge on any atom is 0.255 e. The van der Waals surface area contributed by atoms with E-state index in [1.165, 1.54) is 17.3 Å². The lowest BCUT2D eigenvalue weighted by molar-refractivity contribution is 0.0575. The maximum absolute atomic E-state index is 12.7.